The third kappa shape index (κ3) is 3.00. The van der Waals surface area contributed by atoms with E-state index in [0.29, 0.717) is 12.0 Å². The first-order valence-electron chi connectivity index (χ1n) is 5.93. The molecule has 1 unspecified atom stereocenters. The van der Waals surface area contributed by atoms with Crippen LogP contribution in [-0.2, 0) is 0 Å². The van der Waals surface area contributed by atoms with E-state index in [0.717, 1.165) is 9.88 Å². The first-order valence-corrected chi connectivity index (χ1v) is 6.75. The van der Waals surface area contributed by atoms with Crippen LogP contribution in [-0.4, -0.2) is 16.2 Å². The molecule has 0 aliphatic rings. The van der Waals surface area contributed by atoms with Gasteiger partial charge in [-0.3, -0.25) is 14.9 Å². The second-order valence-corrected chi connectivity index (χ2v) is 5.59. The van der Waals surface area contributed by atoms with Gasteiger partial charge < -0.3 is 5.32 Å². The third-order valence-corrected chi connectivity index (χ3v) is 3.83. The Balaban J connectivity index is 2.28. The number of hydrogen-bond donors (Lipinski definition) is 1. The first-order chi connectivity index (χ1) is 9.51. The van der Waals surface area contributed by atoms with Gasteiger partial charge in [0.15, 0.2) is 0 Å². The fourth-order valence-corrected chi connectivity index (χ4v) is 2.54. The predicted octanol–water partition coefficient (Wildman–Crippen LogP) is 3.35. The highest BCUT2D eigenvalue weighted by molar-refractivity contribution is 7.11. The number of rotatable bonds is 5. The van der Waals surface area contributed by atoms with Crippen LogP contribution in [0.3, 0.4) is 0 Å². The Morgan fingerprint density at radius 2 is 2.25 bits per heavy atom. The number of aromatic nitrogens is 1. The summed E-state index contributed by atoms with van der Waals surface area (Å²) in [6.07, 6.45) is 2.35. The Labute approximate surface area is 119 Å². The molecule has 1 heterocycles. The van der Waals surface area contributed by atoms with Gasteiger partial charge >= 0.3 is 0 Å². The second kappa shape index (κ2) is 5.79. The lowest BCUT2D eigenvalue weighted by Gasteiger charge is -2.13. The summed E-state index contributed by atoms with van der Waals surface area (Å²) in [5.74, 6) is 0. The highest BCUT2D eigenvalue weighted by Gasteiger charge is 2.18. The molecule has 0 fully saturated rings. The number of benzene rings is 1. The summed E-state index contributed by atoms with van der Waals surface area (Å²) >= 11 is 1.54. The van der Waals surface area contributed by atoms with E-state index in [9.17, 15) is 14.9 Å². The Kier molecular flexibility index (Phi) is 4.09. The molecular weight excluding hydrogens is 278 g/mol. The normalized spacial score (nSPS) is 11.9. The van der Waals surface area contributed by atoms with Gasteiger partial charge in [-0.2, -0.15) is 0 Å². The van der Waals surface area contributed by atoms with Crippen molar-refractivity contribution in [2.45, 2.75) is 19.9 Å². The monoisotopic (exact) mass is 291 g/mol. The van der Waals surface area contributed by atoms with Gasteiger partial charge in [0, 0.05) is 22.7 Å². The van der Waals surface area contributed by atoms with Crippen molar-refractivity contribution < 1.29 is 9.72 Å². The lowest BCUT2D eigenvalue weighted by atomic mass is 10.1. The van der Waals surface area contributed by atoms with Crippen LogP contribution >= 0.6 is 11.3 Å². The molecule has 0 saturated heterocycles. The average Bonchev–Trinajstić information content (AvgIpc) is 2.85. The number of carbonyl (C=O) groups excluding carboxylic acids is 1. The Bertz CT molecular complexity index is 654. The van der Waals surface area contributed by atoms with Crippen molar-refractivity contribution >= 4 is 29.0 Å². The van der Waals surface area contributed by atoms with Crippen LogP contribution in [0.2, 0.25) is 0 Å². The quantitative estimate of drug-likeness (QED) is 0.518. The standard InChI is InChI=1S/C13H13N3O3S/c1-8-6-14-13(20-8)9(2)15-11-4-3-10(7-17)5-12(11)16(18)19/h3-7,9,15H,1-2H3. The molecule has 0 aliphatic heterocycles. The largest absolute Gasteiger partial charge is 0.371 e. The molecule has 2 rings (SSSR count). The summed E-state index contributed by atoms with van der Waals surface area (Å²) < 4.78 is 0. The molecule has 104 valence electrons. The summed E-state index contributed by atoms with van der Waals surface area (Å²) in [5, 5.41) is 15.0. The van der Waals surface area contributed by atoms with Crippen LogP contribution in [0.4, 0.5) is 11.4 Å². The molecule has 6 nitrogen and oxygen atoms in total. The van der Waals surface area contributed by atoms with E-state index in [-0.39, 0.29) is 17.3 Å². The number of carbonyl (C=O) groups is 1. The van der Waals surface area contributed by atoms with Crippen LogP contribution in [0.1, 0.15) is 33.2 Å². The molecule has 1 atom stereocenters. The molecule has 0 saturated carbocycles. The number of anilines is 1. The summed E-state index contributed by atoms with van der Waals surface area (Å²) in [5.41, 5.74) is 0.538. The van der Waals surface area contributed by atoms with Crippen molar-refractivity contribution in [1.29, 1.82) is 0 Å². The molecule has 0 bridgehead atoms. The molecule has 0 spiro atoms. The Morgan fingerprint density at radius 1 is 1.50 bits per heavy atom. The fourth-order valence-electron chi connectivity index (χ4n) is 1.76. The van der Waals surface area contributed by atoms with Crippen molar-refractivity contribution in [2.24, 2.45) is 0 Å². The lowest BCUT2D eigenvalue weighted by molar-refractivity contribution is -0.384. The van der Waals surface area contributed by atoms with Crippen molar-refractivity contribution in [3.8, 4) is 0 Å². The number of aryl methyl sites for hydroxylation is 1. The number of aldehydes is 1. The van der Waals surface area contributed by atoms with Gasteiger partial charge in [-0.05, 0) is 26.0 Å². The van der Waals surface area contributed by atoms with E-state index in [1.807, 2.05) is 13.8 Å². The van der Waals surface area contributed by atoms with Crippen molar-refractivity contribution in [2.75, 3.05) is 5.32 Å². The fraction of sp³-hybridized carbons (Fsp3) is 0.231. The minimum Gasteiger partial charge on any atom is -0.371 e. The Morgan fingerprint density at radius 3 is 2.80 bits per heavy atom. The predicted molar refractivity (Wildman–Crippen MR) is 77.4 cm³/mol. The summed E-state index contributed by atoms with van der Waals surface area (Å²) in [7, 11) is 0. The zero-order valence-corrected chi connectivity index (χ0v) is 11.8. The van der Waals surface area contributed by atoms with Crippen molar-refractivity contribution in [3.63, 3.8) is 0 Å². The van der Waals surface area contributed by atoms with Gasteiger partial charge in [0.1, 0.15) is 17.0 Å². The highest BCUT2D eigenvalue weighted by atomic mass is 32.1. The number of nitro groups is 1. The maximum atomic E-state index is 11.0. The van der Waals surface area contributed by atoms with E-state index in [4.69, 9.17) is 0 Å². The zero-order chi connectivity index (χ0) is 14.7. The third-order valence-electron chi connectivity index (χ3n) is 2.74. The maximum Gasteiger partial charge on any atom is 0.293 e. The minimum absolute atomic E-state index is 0.116. The summed E-state index contributed by atoms with van der Waals surface area (Å²) in [4.78, 5) is 26.6. The number of thiazole rings is 1. The maximum absolute atomic E-state index is 11.0. The Hall–Kier alpha value is -2.28. The SMILES string of the molecule is Cc1cnc(C(C)Nc2ccc(C=O)cc2[N+](=O)[O-])s1. The molecule has 1 N–H and O–H groups in total. The molecule has 0 aliphatic carbocycles. The summed E-state index contributed by atoms with van der Waals surface area (Å²) in [6, 6.07) is 4.20. The van der Waals surface area contributed by atoms with E-state index in [2.05, 4.69) is 10.3 Å². The van der Waals surface area contributed by atoms with Crippen LogP contribution in [0.15, 0.2) is 24.4 Å². The van der Waals surface area contributed by atoms with Crippen LogP contribution in [0, 0.1) is 17.0 Å². The second-order valence-electron chi connectivity index (χ2n) is 4.33. The zero-order valence-electron chi connectivity index (χ0n) is 11.0. The van der Waals surface area contributed by atoms with Crippen molar-refractivity contribution in [1.82, 2.24) is 4.98 Å². The lowest BCUT2D eigenvalue weighted by Crippen LogP contribution is -2.08. The number of nitrogens with one attached hydrogen (secondary N) is 1. The van der Waals surface area contributed by atoms with Gasteiger partial charge in [0.25, 0.3) is 5.69 Å². The van der Waals surface area contributed by atoms with Gasteiger partial charge in [0.2, 0.25) is 0 Å². The molecule has 0 radical (unpaired) electrons. The van der Waals surface area contributed by atoms with Gasteiger partial charge in [-0.1, -0.05) is 0 Å². The molecule has 1 aromatic carbocycles. The van der Waals surface area contributed by atoms with E-state index >= 15 is 0 Å². The number of hydrogen-bond acceptors (Lipinski definition) is 6. The van der Waals surface area contributed by atoms with E-state index in [1.54, 1.807) is 18.3 Å². The first kappa shape index (κ1) is 14.1. The van der Waals surface area contributed by atoms with E-state index in [1.165, 1.54) is 17.4 Å². The van der Waals surface area contributed by atoms with Crippen LogP contribution in [0.25, 0.3) is 0 Å². The van der Waals surface area contributed by atoms with Crippen LogP contribution < -0.4 is 5.32 Å². The molecule has 20 heavy (non-hydrogen) atoms. The van der Waals surface area contributed by atoms with Gasteiger partial charge in [0.05, 0.1) is 11.0 Å². The van der Waals surface area contributed by atoms with Gasteiger partial charge in [-0.15, -0.1) is 11.3 Å². The smallest absolute Gasteiger partial charge is 0.293 e. The molecule has 0 amide bonds. The molecule has 1 aromatic heterocycles. The summed E-state index contributed by atoms with van der Waals surface area (Å²) in [6.45, 7) is 3.84. The van der Waals surface area contributed by atoms with Crippen LogP contribution in [0.5, 0.6) is 0 Å². The molecule has 7 heteroatoms. The molecular formula is C13H13N3O3S. The number of nitro benzene ring substituents is 1. The molecule has 2 aromatic rings. The average molecular weight is 291 g/mol. The topological polar surface area (TPSA) is 85.1 Å². The van der Waals surface area contributed by atoms with E-state index < -0.39 is 4.92 Å². The highest BCUT2D eigenvalue weighted by Crippen LogP contribution is 2.30. The van der Waals surface area contributed by atoms with Gasteiger partial charge in [-0.25, -0.2) is 4.98 Å². The minimum atomic E-state index is -0.505. The number of nitrogens with zero attached hydrogens (tertiary/aromatic N) is 2. The van der Waals surface area contributed by atoms with Crippen molar-refractivity contribution in [3.05, 3.63) is 50.0 Å².